The summed E-state index contributed by atoms with van der Waals surface area (Å²) in [6.07, 6.45) is 0.570. The van der Waals surface area contributed by atoms with Crippen molar-refractivity contribution >= 4 is 34.1 Å². The van der Waals surface area contributed by atoms with Crippen LogP contribution in [0, 0.1) is 12.3 Å². The van der Waals surface area contributed by atoms with E-state index in [2.05, 4.69) is 10.3 Å². The molecule has 2 aliphatic heterocycles. The van der Waals surface area contributed by atoms with Gasteiger partial charge in [0, 0.05) is 23.9 Å². The summed E-state index contributed by atoms with van der Waals surface area (Å²) < 4.78 is 11.1. The summed E-state index contributed by atoms with van der Waals surface area (Å²) in [5.74, 6) is -1.00. The number of anilines is 2. The van der Waals surface area contributed by atoms with E-state index in [-0.39, 0.29) is 6.42 Å². The highest BCUT2D eigenvalue weighted by Crippen LogP contribution is 2.54. The molecule has 0 amide bonds. The fourth-order valence-electron chi connectivity index (χ4n) is 4.01. The zero-order valence-electron chi connectivity index (χ0n) is 15.8. The molecule has 1 aromatic heterocycles. The Bertz CT molecular complexity index is 938. The van der Waals surface area contributed by atoms with Gasteiger partial charge in [-0.3, -0.25) is 9.59 Å². The third-order valence-electron chi connectivity index (χ3n) is 5.27. The molecule has 2 fully saturated rings. The summed E-state index contributed by atoms with van der Waals surface area (Å²) >= 11 is 1.44. The molecule has 2 atom stereocenters. The topological polar surface area (TPSA) is 77.5 Å². The number of ether oxygens (including phenoxy) is 2. The first-order chi connectivity index (χ1) is 12.6. The van der Waals surface area contributed by atoms with E-state index in [1.54, 1.807) is 0 Å². The van der Waals surface area contributed by atoms with Gasteiger partial charge in [-0.1, -0.05) is 18.2 Å². The molecule has 7 heteroatoms. The normalized spacial score (nSPS) is 29.0. The number of carbonyl (C=O) groups excluding carboxylic acids is 2. The predicted molar refractivity (Wildman–Crippen MR) is 102 cm³/mol. The van der Waals surface area contributed by atoms with Gasteiger partial charge in [0.2, 0.25) is 0 Å². The molecule has 0 unspecified atom stereocenters. The van der Waals surface area contributed by atoms with Crippen LogP contribution in [0.25, 0.3) is 0 Å². The Morgan fingerprint density at radius 2 is 1.78 bits per heavy atom. The van der Waals surface area contributed by atoms with Crippen LogP contribution in [0.5, 0.6) is 0 Å². The molecular weight excluding hydrogens is 364 g/mol. The number of esters is 2. The van der Waals surface area contributed by atoms with Crippen LogP contribution in [-0.2, 0) is 24.7 Å². The maximum absolute atomic E-state index is 12.7. The first-order valence-corrected chi connectivity index (χ1v) is 9.77. The zero-order chi connectivity index (χ0) is 19.4. The van der Waals surface area contributed by atoms with E-state index >= 15 is 0 Å². The SMILES string of the molecule is Cc1ccccc1Nc1nc([C@@]2(C)C[C@]3(CC(C)(C)OC3=O)C(=O)O2)cs1. The number of nitrogens with zero attached hydrogens (tertiary/aromatic N) is 1. The zero-order valence-corrected chi connectivity index (χ0v) is 16.6. The maximum atomic E-state index is 12.7. The van der Waals surface area contributed by atoms with Crippen molar-refractivity contribution in [1.29, 1.82) is 0 Å². The molecule has 27 heavy (non-hydrogen) atoms. The number of cyclic esters (lactones) is 2. The van der Waals surface area contributed by atoms with Crippen LogP contribution in [0.3, 0.4) is 0 Å². The molecular formula is C20H22N2O4S. The lowest BCUT2D eigenvalue weighted by Gasteiger charge is -2.21. The van der Waals surface area contributed by atoms with Gasteiger partial charge in [-0.15, -0.1) is 11.3 Å². The lowest BCUT2D eigenvalue weighted by Crippen LogP contribution is -2.32. The molecule has 3 heterocycles. The number of aryl methyl sites for hydroxylation is 1. The van der Waals surface area contributed by atoms with Crippen LogP contribution < -0.4 is 5.32 Å². The first-order valence-electron chi connectivity index (χ1n) is 8.89. The Kier molecular flexibility index (Phi) is 3.86. The molecule has 0 saturated carbocycles. The number of benzene rings is 1. The minimum absolute atomic E-state index is 0.245. The van der Waals surface area contributed by atoms with Crippen LogP contribution >= 0.6 is 11.3 Å². The van der Waals surface area contributed by atoms with Crippen LogP contribution in [0.1, 0.15) is 44.9 Å². The molecule has 2 aliphatic rings. The van der Waals surface area contributed by atoms with E-state index < -0.39 is 28.6 Å². The number of para-hydroxylation sites is 1. The van der Waals surface area contributed by atoms with E-state index in [9.17, 15) is 9.59 Å². The summed E-state index contributed by atoms with van der Waals surface area (Å²) in [5.41, 5.74) is -0.107. The van der Waals surface area contributed by atoms with Gasteiger partial charge in [-0.25, -0.2) is 4.98 Å². The van der Waals surface area contributed by atoms with Crippen molar-refractivity contribution in [3.05, 3.63) is 40.9 Å². The number of hydrogen-bond acceptors (Lipinski definition) is 7. The second-order valence-electron chi connectivity index (χ2n) is 8.18. The summed E-state index contributed by atoms with van der Waals surface area (Å²) in [6.45, 7) is 7.46. The quantitative estimate of drug-likeness (QED) is 0.633. The molecule has 0 aliphatic carbocycles. The molecule has 0 bridgehead atoms. The molecule has 1 aromatic carbocycles. The third kappa shape index (κ3) is 2.90. The molecule has 1 spiro atoms. The van der Waals surface area contributed by atoms with Gasteiger partial charge in [0.1, 0.15) is 5.60 Å². The van der Waals surface area contributed by atoms with Crippen molar-refractivity contribution < 1.29 is 19.1 Å². The van der Waals surface area contributed by atoms with Gasteiger partial charge in [0.25, 0.3) is 0 Å². The second-order valence-corrected chi connectivity index (χ2v) is 9.04. The average Bonchev–Trinajstić information content (AvgIpc) is 3.19. The van der Waals surface area contributed by atoms with Crippen LogP contribution in [-0.4, -0.2) is 22.5 Å². The van der Waals surface area contributed by atoms with Crippen molar-refractivity contribution in [3.8, 4) is 0 Å². The minimum atomic E-state index is -1.23. The molecule has 6 nitrogen and oxygen atoms in total. The molecule has 1 N–H and O–H groups in total. The van der Waals surface area contributed by atoms with Crippen molar-refractivity contribution in [1.82, 2.24) is 4.98 Å². The maximum Gasteiger partial charge on any atom is 0.324 e. The van der Waals surface area contributed by atoms with E-state index in [0.717, 1.165) is 11.3 Å². The standard InChI is InChI=1S/C20H22N2O4S/c1-12-7-5-6-8-13(12)21-17-22-14(9-27-17)19(4)11-20(16(24)26-19)10-18(2,3)25-15(20)23/h5-9H,10-11H2,1-4H3,(H,21,22)/t19-,20+/m1/s1. The first kappa shape index (κ1) is 18.0. The monoisotopic (exact) mass is 386 g/mol. The number of thiazole rings is 1. The Morgan fingerprint density at radius 3 is 2.44 bits per heavy atom. The number of nitrogens with one attached hydrogen (secondary N) is 1. The number of rotatable bonds is 3. The molecule has 0 radical (unpaired) electrons. The van der Waals surface area contributed by atoms with Gasteiger partial charge in [0.15, 0.2) is 16.1 Å². The number of carbonyl (C=O) groups is 2. The largest absolute Gasteiger partial charge is 0.459 e. The van der Waals surface area contributed by atoms with E-state index in [0.29, 0.717) is 17.2 Å². The number of aromatic nitrogens is 1. The van der Waals surface area contributed by atoms with Gasteiger partial charge < -0.3 is 14.8 Å². The highest BCUT2D eigenvalue weighted by Gasteiger charge is 2.67. The molecule has 142 valence electrons. The van der Waals surface area contributed by atoms with Crippen LogP contribution in [0.15, 0.2) is 29.6 Å². The smallest absolute Gasteiger partial charge is 0.324 e. The summed E-state index contributed by atoms with van der Waals surface area (Å²) in [5, 5.41) is 5.89. The molecule has 2 aromatic rings. The van der Waals surface area contributed by atoms with Crippen molar-refractivity contribution in [2.45, 2.75) is 51.7 Å². The van der Waals surface area contributed by atoms with Gasteiger partial charge in [0.05, 0.1) is 5.69 Å². The van der Waals surface area contributed by atoms with Crippen LogP contribution in [0.2, 0.25) is 0 Å². The van der Waals surface area contributed by atoms with Gasteiger partial charge in [-0.05, 0) is 39.3 Å². The third-order valence-corrected chi connectivity index (χ3v) is 6.03. The average molecular weight is 386 g/mol. The second kappa shape index (κ2) is 5.79. The lowest BCUT2D eigenvalue weighted by molar-refractivity contribution is -0.161. The minimum Gasteiger partial charge on any atom is -0.459 e. The summed E-state index contributed by atoms with van der Waals surface area (Å²) in [7, 11) is 0. The fourth-order valence-corrected chi connectivity index (χ4v) is 4.85. The van der Waals surface area contributed by atoms with Crippen molar-refractivity contribution in [3.63, 3.8) is 0 Å². The Morgan fingerprint density at radius 1 is 1.07 bits per heavy atom. The Labute approximate surface area is 161 Å². The van der Waals surface area contributed by atoms with Crippen LogP contribution in [0.4, 0.5) is 10.8 Å². The summed E-state index contributed by atoms with van der Waals surface area (Å²) in [4.78, 5) is 29.8. The molecule has 2 saturated heterocycles. The highest BCUT2D eigenvalue weighted by molar-refractivity contribution is 7.13. The Hall–Kier alpha value is -2.41. The van der Waals surface area contributed by atoms with Gasteiger partial charge in [-0.2, -0.15) is 0 Å². The number of hydrogen-bond donors (Lipinski definition) is 1. The fraction of sp³-hybridized carbons (Fsp3) is 0.450. The van der Waals surface area contributed by atoms with E-state index in [4.69, 9.17) is 9.47 Å². The Balaban J connectivity index is 1.60. The van der Waals surface area contributed by atoms with Gasteiger partial charge >= 0.3 is 11.9 Å². The molecule has 4 rings (SSSR count). The summed E-state index contributed by atoms with van der Waals surface area (Å²) in [6, 6.07) is 7.95. The van der Waals surface area contributed by atoms with E-state index in [1.165, 1.54) is 11.3 Å². The van der Waals surface area contributed by atoms with Crippen molar-refractivity contribution in [2.24, 2.45) is 5.41 Å². The lowest BCUT2D eigenvalue weighted by atomic mass is 9.75. The predicted octanol–water partition coefficient (Wildman–Crippen LogP) is 4.07. The van der Waals surface area contributed by atoms with Crippen molar-refractivity contribution in [2.75, 3.05) is 5.32 Å². The highest BCUT2D eigenvalue weighted by atomic mass is 32.1. The van der Waals surface area contributed by atoms with E-state index in [1.807, 2.05) is 57.3 Å².